The van der Waals surface area contributed by atoms with E-state index in [4.69, 9.17) is 11.6 Å². The van der Waals surface area contributed by atoms with Crippen LogP contribution in [0.4, 0.5) is 0 Å². The first-order valence-corrected chi connectivity index (χ1v) is 8.47. The molecule has 0 saturated carbocycles. The Kier molecular flexibility index (Phi) is 4.04. The molecule has 1 aliphatic heterocycles. The van der Waals surface area contributed by atoms with Crippen molar-refractivity contribution in [2.75, 3.05) is 13.1 Å². The minimum atomic E-state index is -3.45. The second kappa shape index (κ2) is 5.09. The van der Waals surface area contributed by atoms with Gasteiger partial charge in [-0.15, -0.1) is 11.3 Å². The van der Waals surface area contributed by atoms with E-state index in [0.717, 1.165) is 30.8 Å². The van der Waals surface area contributed by atoms with Gasteiger partial charge in [0.25, 0.3) is 0 Å². The van der Waals surface area contributed by atoms with Crippen molar-refractivity contribution < 1.29 is 8.42 Å². The SMILES string of the molecule is CC1(C)CNCCC1NS(=O)(=O)c1ccc(Cl)s1. The van der Waals surface area contributed by atoms with E-state index in [1.165, 1.54) is 0 Å². The lowest BCUT2D eigenvalue weighted by molar-refractivity contribution is 0.206. The van der Waals surface area contributed by atoms with Crippen molar-refractivity contribution in [2.24, 2.45) is 5.41 Å². The highest BCUT2D eigenvalue weighted by atomic mass is 35.5. The van der Waals surface area contributed by atoms with E-state index >= 15 is 0 Å². The average molecular weight is 309 g/mol. The Morgan fingerprint density at radius 2 is 2.22 bits per heavy atom. The molecule has 0 bridgehead atoms. The van der Waals surface area contributed by atoms with E-state index in [2.05, 4.69) is 23.9 Å². The van der Waals surface area contributed by atoms with E-state index in [1.54, 1.807) is 12.1 Å². The average Bonchev–Trinajstić information content (AvgIpc) is 2.69. The molecule has 0 spiro atoms. The Bertz CT molecular complexity index is 525. The van der Waals surface area contributed by atoms with Gasteiger partial charge in [0, 0.05) is 12.6 Å². The first kappa shape index (κ1) is 14.3. The van der Waals surface area contributed by atoms with E-state index in [1.807, 2.05) is 0 Å². The van der Waals surface area contributed by atoms with Crippen molar-refractivity contribution in [1.29, 1.82) is 0 Å². The topological polar surface area (TPSA) is 58.2 Å². The lowest BCUT2D eigenvalue weighted by Gasteiger charge is -2.39. The number of hydrogen-bond donors (Lipinski definition) is 2. The van der Waals surface area contributed by atoms with Crippen molar-refractivity contribution in [3.63, 3.8) is 0 Å². The highest BCUT2D eigenvalue weighted by Crippen LogP contribution is 2.29. The number of thiophene rings is 1. The number of piperidine rings is 1. The van der Waals surface area contributed by atoms with Crippen LogP contribution < -0.4 is 10.0 Å². The fraction of sp³-hybridized carbons (Fsp3) is 0.636. The summed E-state index contributed by atoms with van der Waals surface area (Å²) >= 11 is 6.86. The van der Waals surface area contributed by atoms with Gasteiger partial charge in [-0.3, -0.25) is 0 Å². The Labute approximate surface area is 117 Å². The van der Waals surface area contributed by atoms with Crippen molar-refractivity contribution in [2.45, 2.75) is 30.5 Å². The van der Waals surface area contributed by atoms with Crippen LogP contribution >= 0.6 is 22.9 Å². The number of halogens is 1. The zero-order chi connectivity index (χ0) is 13.4. The van der Waals surface area contributed by atoms with Crippen LogP contribution in [0.1, 0.15) is 20.3 Å². The lowest BCUT2D eigenvalue weighted by Crippen LogP contribution is -2.54. The standard InChI is InChI=1S/C11H17ClN2O2S2/c1-11(2)7-13-6-5-8(11)14-18(15,16)10-4-3-9(12)17-10/h3-4,8,13-14H,5-7H2,1-2H3. The van der Waals surface area contributed by atoms with Crippen molar-refractivity contribution in [3.05, 3.63) is 16.5 Å². The number of hydrogen-bond acceptors (Lipinski definition) is 4. The summed E-state index contributed by atoms with van der Waals surface area (Å²) in [6.07, 6.45) is 0.797. The molecule has 2 N–H and O–H groups in total. The predicted molar refractivity (Wildman–Crippen MR) is 74.7 cm³/mol. The van der Waals surface area contributed by atoms with Gasteiger partial charge in [0.1, 0.15) is 4.21 Å². The maximum atomic E-state index is 12.2. The van der Waals surface area contributed by atoms with E-state index in [9.17, 15) is 8.42 Å². The zero-order valence-corrected chi connectivity index (χ0v) is 12.8. The van der Waals surface area contributed by atoms with Gasteiger partial charge in [0.05, 0.1) is 4.34 Å². The summed E-state index contributed by atoms with van der Waals surface area (Å²) in [6.45, 7) is 5.77. The molecule has 7 heteroatoms. The minimum Gasteiger partial charge on any atom is -0.316 e. The molecule has 1 fully saturated rings. The number of sulfonamides is 1. The van der Waals surface area contributed by atoms with Gasteiger partial charge in [-0.05, 0) is 30.5 Å². The Balaban J connectivity index is 2.17. The Hall–Kier alpha value is -0.140. The van der Waals surface area contributed by atoms with Gasteiger partial charge in [0.15, 0.2) is 0 Å². The summed E-state index contributed by atoms with van der Waals surface area (Å²) < 4.78 is 28.0. The molecule has 1 unspecified atom stereocenters. The fourth-order valence-corrected chi connectivity index (χ4v) is 5.02. The Morgan fingerprint density at radius 3 is 2.78 bits per heavy atom. The van der Waals surface area contributed by atoms with Gasteiger partial charge in [-0.1, -0.05) is 25.4 Å². The van der Waals surface area contributed by atoms with Crippen LogP contribution in [0.25, 0.3) is 0 Å². The molecule has 4 nitrogen and oxygen atoms in total. The predicted octanol–water partition coefficient (Wildman–Crippen LogP) is 2.07. The number of nitrogens with one attached hydrogen (secondary N) is 2. The first-order chi connectivity index (χ1) is 8.31. The molecule has 1 atom stereocenters. The summed E-state index contributed by atoms with van der Waals surface area (Å²) in [7, 11) is -3.45. The molecule has 102 valence electrons. The molecule has 2 heterocycles. The van der Waals surface area contributed by atoms with E-state index in [-0.39, 0.29) is 15.7 Å². The van der Waals surface area contributed by atoms with Crippen molar-refractivity contribution >= 4 is 33.0 Å². The molecule has 0 amide bonds. The monoisotopic (exact) mass is 308 g/mol. The summed E-state index contributed by atoms with van der Waals surface area (Å²) in [5, 5.41) is 3.28. The maximum absolute atomic E-state index is 12.2. The Morgan fingerprint density at radius 1 is 1.50 bits per heavy atom. The maximum Gasteiger partial charge on any atom is 0.250 e. The molecular weight excluding hydrogens is 292 g/mol. The summed E-state index contributed by atoms with van der Waals surface area (Å²) in [6, 6.07) is 3.10. The minimum absolute atomic E-state index is 0.0513. The molecule has 2 rings (SSSR count). The molecule has 1 aliphatic rings. The van der Waals surface area contributed by atoms with Gasteiger partial charge in [-0.25, -0.2) is 13.1 Å². The van der Waals surface area contributed by atoms with E-state index in [0.29, 0.717) is 4.34 Å². The molecule has 1 aromatic rings. The van der Waals surface area contributed by atoms with Crippen LogP contribution in [0, 0.1) is 5.41 Å². The molecule has 1 aromatic heterocycles. The zero-order valence-electron chi connectivity index (χ0n) is 10.4. The molecule has 18 heavy (non-hydrogen) atoms. The second-order valence-electron chi connectivity index (χ2n) is 5.19. The quantitative estimate of drug-likeness (QED) is 0.899. The highest BCUT2D eigenvalue weighted by molar-refractivity contribution is 7.91. The molecular formula is C11H17ClN2O2S2. The van der Waals surface area contributed by atoms with Crippen molar-refractivity contribution in [3.8, 4) is 0 Å². The largest absolute Gasteiger partial charge is 0.316 e. The van der Waals surface area contributed by atoms with Crippen LogP contribution in [0.2, 0.25) is 4.34 Å². The van der Waals surface area contributed by atoms with Gasteiger partial charge >= 0.3 is 0 Å². The third-order valence-electron chi connectivity index (χ3n) is 3.24. The van der Waals surface area contributed by atoms with Crippen molar-refractivity contribution in [1.82, 2.24) is 10.0 Å². The second-order valence-corrected chi connectivity index (χ2v) is 8.84. The lowest BCUT2D eigenvalue weighted by atomic mass is 9.81. The molecule has 0 radical (unpaired) electrons. The van der Waals surface area contributed by atoms with Crippen LogP contribution in [0.5, 0.6) is 0 Å². The summed E-state index contributed by atoms with van der Waals surface area (Å²) in [5.74, 6) is 0. The first-order valence-electron chi connectivity index (χ1n) is 5.80. The van der Waals surface area contributed by atoms with Crippen LogP contribution in [0.15, 0.2) is 16.3 Å². The third-order valence-corrected chi connectivity index (χ3v) is 6.44. The van der Waals surface area contributed by atoms with Gasteiger partial charge in [-0.2, -0.15) is 0 Å². The smallest absolute Gasteiger partial charge is 0.250 e. The fourth-order valence-electron chi connectivity index (χ4n) is 2.08. The summed E-state index contributed by atoms with van der Waals surface area (Å²) in [4.78, 5) is 0. The van der Waals surface area contributed by atoms with E-state index < -0.39 is 10.0 Å². The highest BCUT2D eigenvalue weighted by Gasteiger charge is 2.35. The molecule has 0 aromatic carbocycles. The third kappa shape index (κ3) is 3.05. The molecule has 0 aliphatic carbocycles. The normalized spacial score (nSPS) is 24.1. The number of rotatable bonds is 3. The van der Waals surface area contributed by atoms with Crippen LogP contribution in [0.3, 0.4) is 0 Å². The van der Waals surface area contributed by atoms with Crippen LogP contribution in [-0.4, -0.2) is 27.5 Å². The van der Waals surface area contributed by atoms with Crippen LogP contribution in [-0.2, 0) is 10.0 Å². The van der Waals surface area contributed by atoms with Gasteiger partial charge < -0.3 is 5.32 Å². The van der Waals surface area contributed by atoms with Gasteiger partial charge in [0.2, 0.25) is 10.0 Å². The molecule has 1 saturated heterocycles. The summed E-state index contributed by atoms with van der Waals surface area (Å²) in [5.41, 5.74) is -0.0909.